The van der Waals surface area contributed by atoms with E-state index in [9.17, 15) is 9.59 Å². The maximum atomic E-state index is 11.4. The van der Waals surface area contributed by atoms with Crippen molar-refractivity contribution in [3.8, 4) is 16.9 Å². The van der Waals surface area contributed by atoms with Crippen LogP contribution in [-0.2, 0) is 16.0 Å². The van der Waals surface area contributed by atoms with E-state index in [1.165, 1.54) is 22.6 Å². The maximum Gasteiger partial charge on any atom is 0.234 e. The molecule has 8 nitrogen and oxygen atoms in total. The van der Waals surface area contributed by atoms with E-state index in [0.717, 1.165) is 36.2 Å². The van der Waals surface area contributed by atoms with Gasteiger partial charge in [0.25, 0.3) is 0 Å². The Labute approximate surface area is 181 Å². The Morgan fingerprint density at radius 1 is 1.20 bits per heavy atom. The van der Waals surface area contributed by atoms with Gasteiger partial charge in [-0.1, -0.05) is 30.3 Å². The van der Waals surface area contributed by atoms with E-state index in [1.807, 2.05) is 18.2 Å². The first-order chi connectivity index (χ1) is 14.6. The van der Waals surface area contributed by atoms with Gasteiger partial charge in [0.05, 0.1) is 12.8 Å². The first-order valence-corrected chi connectivity index (χ1v) is 10.5. The van der Waals surface area contributed by atoms with E-state index in [0.29, 0.717) is 25.1 Å². The summed E-state index contributed by atoms with van der Waals surface area (Å²) in [6.45, 7) is 1.25. The minimum absolute atomic E-state index is 0.0774. The van der Waals surface area contributed by atoms with Crippen molar-refractivity contribution in [1.29, 1.82) is 0 Å². The number of carbonyl (C=O) groups is 2. The predicted octanol–water partition coefficient (Wildman–Crippen LogP) is 2.01. The molecule has 2 aromatic rings. The first kappa shape index (κ1) is 23.7. The second kappa shape index (κ2) is 12.9. The summed E-state index contributed by atoms with van der Waals surface area (Å²) in [4.78, 5) is 26.8. The fourth-order valence-corrected chi connectivity index (χ4v) is 3.20. The van der Waals surface area contributed by atoms with E-state index < -0.39 is 0 Å². The van der Waals surface area contributed by atoms with Crippen LogP contribution in [-0.4, -0.2) is 39.6 Å². The Morgan fingerprint density at radius 3 is 2.60 bits per heavy atom. The molecule has 2 rings (SSSR count). The summed E-state index contributed by atoms with van der Waals surface area (Å²) >= 11 is 1.24. The molecule has 9 heteroatoms. The van der Waals surface area contributed by atoms with Crippen molar-refractivity contribution < 1.29 is 14.3 Å². The van der Waals surface area contributed by atoms with E-state index in [4.69, 9.17) is 10.5 Å². The Morgan fingerprint density at radius 2 is 1.93 bits per heavy atom. The van der Waals surface area contributed by atoms with Crippen molar-refractivity contribution in [2.75, 3.05) is 32.1 Å². The van der Waals surface area contributed by atoms with Crippen molar-refractivity contribution in [3.05, 3.63) is 48.0 Å². The van der Waals surface area contributed by atoms with Crippen LogP contribution in [0.5, 0.6) is 5.75 Å². The van der Waals surface area contributed by atoms with Crippen LogP contribution in [0.4, 0.5) is 5.69 Å². The number of nitrogens with two attached hydrogens (primary N) is 1. The van der Waals surface area contributed by atoms with Crippen LogP contribution in [0.25, 0.3) is 11.1 Å². The summed E-state index contributed by atoms with van der Waals surface area (Å²) in [5.74, 6) is 0.573. The van der Waals surface area contributed by atoms with Gasteiger partial charge in [-0.05, 0) is 48.2 Å². The highest BCUT2D eigenvalue weighted by atomic mass is 32.2. The van der Waals surface area contributed by atoms with Crippen LogP contribution >= 0.6 is 12.1 Å². The summed E-state index contributed by atoms with van der Waals surface area (Å²) < 4.78 is 8.48. The number of anilines is 1. The summed E-state index contributed by atoms with van der Waals surface area (Å²) in [5, 5.41) is 0. The third-order valence-electron chi connectivity index (χ3n) is 4.44. The molecule has 30 heavy (non-hydrogen) atoms. The number of rotatable bonds is 13. The number of ether oxygens (including phenoxy) is 1. The van der Waals surface area contributed by atoms with Gasteiger partial charge in [0.15, 0.2) is 0 Å². The van der Waals surface area contributed by atoms with E-state index in [2.05, 4.69) is 39.2 Å². The molecule has 2 amide bonds. The second-order valence-electron chi connectivity index (χ2n) is 6.59. The minimum Gasteiger partial charge on any atom is -0.495 e. The predicted molar refractivity (Wildman–Crippen MR) is 122 cm³/mol. The number of carbonyl (C=O) groups excluding carboxylic acids is 2. The monoisotopic (exact) mass is 431 g/mol. The van der Waals surface area contributed by atoms with Crippen LogP contribution in [0.2, 0.25) is 0 Å². The number of hydrogen-bond acceptors (Lipinski definition) is 7. The molecule has 0 aliphatic heterocycles. The number of hydrogen-bond donors (Lipinski definition) is 4. The Hall–Kier alpha value is -2.59. The van der Waals surface area contributed by atoms with Crippen molar-refractivity contribution in [2.24, 2.45) is 5.73 Å². The zero-order chi connectivity index (χ0) is 21.8. The van der Waals surface area contributed by atoms with Crippen LogP contribution in [0.15, 0.2) is 42.5 Å². The number of methoxy groups -OCH3 is 1. The molecule has 0 atom stereocenters. The van der Waals surface area contributed by atoms with E-state index >= 15 is 0 Å². The summed E-state index contributed by atoms with van der Waals surface area (Å²) in [6, 6.07) is 14.1. The highest BCUT2D eigenvalue weighted by Crippen LogP contribution is 2.32. The van der Waals surface area contributed by atoms with Crippen LogP contribution in [0.3, 0.4) is 0 Å². The lowest BCUT2D eigenvalue weighted by Gasteiger charge is -2.16. The Balaban J connectivity index is 1.83. The SMILES string of the molecule is COc1ccc(-c2ccc(CCNSNNC(=O)CCCN)cc2)cc1N(C)C=O. The number of nitrogens with zero attached hydrogens (tertiary/aromatic N) is 1. The average molecular weight is 432 g/mol. The number of amides is 2. The lowest BCUT2D eigenvalue weighted by atomic mass is 10.0. The van der Waals surface area contributed by atoms with Gasteiger partial charge in [-0.3, -0.25) is 15.0 Å². The number of benzene rings is 2. The molecule has 0 heterocycles. The summed E-state index contributed by atoms with van der Waals surface area (Å²) in [7, 11) is 3.28. The van der Waals surface area contributed by atoms with Gasteiger partial charge in [-0.15, -0.1) is 0 Å². The smallest absolute Gasteiger partial charge is 0.234 e. The third kappa shape index (κ3) is 7.34. The van der Waals surface area contributed by atoms with Gasteiger partial charge in [-0.2, -0.15) is 4.83 Å². The van der Waals surface area contributed by atoms with Crippen LogP contribution < -0.4 is 30.3 Å². The molecule has 5 N–H and O–H groups in total. The average Bonchev–Trinajstić information content (AvgIpc) is 2.79. The van der Waals surface area contributed by atoms with Crippen molar-refractivity contribution >= 4 is 30.1 Å². The topological polar surface area (TPSA) is 109 Å². The fourth-order valence-electron chi connectivity index (χ4n) is 2.76. The normalized spacial score (nSPS) is 10.5. The van der Waals surface area contributed by atoms with E-state index in [1.54, 1.807) is 14.2 Å². The molecular weight excluding hydrogens is 402 g/mol. The van der Waals surface area contributed by atoms with Crippen LogP contribution in [0.1, 0.15) is 18.4 Å². The first-order valence-electron chi connectivity index (χ1n) is 9.67. The van der Waals surface area contributed by atoms with Gasteiger partial charge < -0.3 is 15.4 Å². The molecular formula is C21H29N5O3S. The molecule has 0 bridgehead atoms. The summed E-state index contributed by atoms with van der Waals surface area (Å²) in [5.41, 5.74) is 11.9. The molecule has 0 aliphatic carbocycles. The van der Waals surface area contributed by atoms with Crippen molar-refractivity contribution in [2.45, 2.75) is 19.3 Å². The third-order valence-corrected chi connectivity index (χ3v) is 4.99. The molecule has 162 valence electrons. The maximum absolute atomic E-state index is 11.4. The van der Waals surface area contributed by atoms with Gasteiger partial charge in [-0.25, -0.2) is 4.72 Å². The number of hydrazine groups is 1. The number of nitrogens with one attached hydrogen (secondary N) is 3. The quantitative estimate of drug-likeness (QED) is 0.166. The Bertz CT molecular complexity index is 817. The van der Waals surface area contributed by atoms with Gasteiger partial charge in [0.1, 0.15) is 5.75 Å². The van der Waals surface area contributed by atoms with Gasteiger partial charge in [0.2, 0.25) is 12.3 Å². The molecule has 0 spiro atoms. The lowest BCUT2D eigenvalue weighted by molar-refractivity contribution is -0.121. The second-order valence-corrected chi connectivity index (χ2v) is 7.29. The highest BCUT2D eigenvalue weighted by molar-refractivity contribution is 7.95. The zero-order valence-electron chi connectivity index (χ0n) is 17.3. The molecule has 0 aliphatic rings. The molecule has 0 aromatic heterocycles. The van der Waals surface area contributed by atoms with Crippen molar-refractivity contribution in [1.82, 2.24) is 15.0 Å². The van der Waals surface area contributed by atoms with E-state index in [-0.39, 0.29) is 5.91 Å². The van der Waals surface area contributed by atoms with Gasteiger partial charge >= 0.3 is 0 Å². The Kier molecular flexibility index (Phi) is 10.2. The standard InChI is InChI=1S/C21H29N5O3S/c1-26(15-27)19-14-18(9-10-20(19)29-2)17-7-5-16(6-8-17)11-13-23-30-25-24-21(28)4-3-12-22/h5-10,14-15,23,25H,3-4,11-13,22H2,1-2H3,(H,24,28). The van der Waals surface area contributed by atoms with Gasteiger partial charge in [0, 0.05) is 32.1 Å². The van der Waals surface area contributed by atoms with Crippen LogP contribution in [0, 0.1) is 0 Å². The molecule has 0 fully saturated rings. The zero-order valence-corrected chi connectivity index (χ0v) is 18.1. The largest absolute Gasteiger partial charge is 0.495 e. The molecule has 0 unspecified atom stereocenters. The fraction of sp³-hybridized carbons (Fsp3) is 0.333. The van der Waals surface area contributed by atoms with Crippen molar-refractivity contribution in [3.63, 3.8) is 0 Å². The lowest BCUT2D eigenvalue weighted by Crippen LogP contribution is -2.35. The molecule has 2 aromatic carbocycles. The summed E-state index contributed by atoms with van der Waals surface area (Å²) in [6.07, 6.45) is 2.69. The molecule has 0 saturated carbocycles. The highest BCUT2D eigenvalue weighted by Gasteiger charge is 2.10. The molecule has 0 saturated heterocycles. The minimum atomic E-state index is -0.0774. The molecule has 0 radical (unpaired) electrons.